The van der Waals surface area contributed by atoms with Crippen molar-refractivity contribution < 1.29 is 24.7 Å². The molecule has 1 unspecified atom stereocenters. The highest BCUT2D eigenvalue weighted by atomic mass is 16.6. The number of nitrogens with zero attached hydrogens (tertiary/aromatic N) is 4. The number of benzene rings is 2. The fourth-order valence-corrected chi connectivity index (χ4v) is 4.61. The topological polar surface area (TPSA) is 225 Å². The SMILES string of the molecule is CC(CC=O)CC(C)(C)C.CNc1cc(N(CCCCO)CCCCO)c(OC)cc1N.N#Cc1cc([N+](=O)[O-])cc(C#N)c1N. The van der Waals surface area contributed by atoms with Crippen molar-refractivity contribution >= 4 is 34.7 Å². The van der Waals surface area contributed by atoms with Gasteiger partial charge in [-0.25, -0.2) is 0 Å². The van der Waals surface area contributed by atoms with Gasteiger partial charge >= 0.3 is 0 Å². The summed E-state index contributed by atoms with van der Waals surface area (Å²) in [6.45, 7) is 10.8. The van der Waals surface area contributed by atoms with Crippen molar-refractivity contribution in [1.82, 2.24) is 0 Å². The third-order valence-corrected chi connectivity index (χ3v) is 6.71. The summed E-state index contributed by atoms with van der Waals surface area (Å²) in [5, 5.41) is 48.6. The van der Waals surface area contributed by atoms with Gasteiger partial charge in [-0.05, 0) is 49.5 Å². The highest BCUT2D eigenvalue weighted by Crippen LogP contribution is 2.36. The fraction of sp³-hybridized carbons (Fsp3) is 0.545. The normalized spacial score (nSPS) is 10.9. The minimum absolute atomic E-state index is 0.0272. The number of rotatable bonds is 15. The van der Waals surface area contributed by atoms with Crippen molar-refractivity contribution in [3.8, 4) is 17.9 Å². The molecule has 0 bridgehead atoms. The lowest BCUT2D eigenvalue weighted by Gasteiger charge is -2.27. The molecule has 0 amide bonds. The summed E-state index contributed by atoms with van der Waals surface area (Å²) in [6.07, 6.45) is 6.19. The molecule has 0 heterocycles. The number of carbonyl (C=O) groups excluding carboxylic acids is 1. The molecule has 0 fully saturated rings. The van der Waals surface area contributed by atoms with Gasteiger partial charge < -0.3 is 41.4 Å². The Hall–Kier alpha value is -4.59. The molecule has 0 saturated carbocycles. The monoisotopic (exact) mass is 641 g/mol. The standard InChI is InChI=1S/C16H29N3O3.C9H18O.C8H4N4O2/c1-18-14-12-15(16(22-2)11-13(14)17)19(7-3-5-9-20)8-4-6-10-21;1-8(5-6-10)7-9(2,3)4;9-3-5-1-7(12(13)14)2-6(4-10)8(5)11/h11-12,18,20-21H,3-10,17H2,1-2H3;6,8H,5,7H2,1-4H3;1-2H,11H2. The second-order valence-electron chi connectivity index (χ2n) is 11.9. The largest absolute Gasteiger partial charge is 0.495 e. The molecule has 0 aliphatic heterocycles. The Kier molecular flexibility index (Phi) is 19.8. The van der Waals surface area contributed by atoms with E-state index in [1.807, 2.05) is 19.2 Å². The third-order valence-electron chi connectivity index (χ3n) is 6.71. The molecule has 13 heteroatoms. The Labute approximate surface area is 272 Å². The molecule has 46 heavy (non-hydrogen) atoms. The molecule has 0 aromatic heterocycles. The molecular weight excluding hydrogens is 590 g/mol. The first-order valence-corrected chi connectivity index (χ1v) is 15.2. The van der Waals surface area contributed by atoms with Crippen LogP contribution in [0.15, 0.2) is 24.3 Å². The number of aldehydes is 1. The molecule has 2 aromatic rings. The average molecular weight is 642 g/mol. The van der Waals surface area contributed by atoms with Crippen molar-refractivity contribution in [3.63, 3.8) is 0 Å². The summed E-state index contributed by atoms with van der Waals surface area (Å²) >= 11 is 0. The van der Waals surface area contributed by atoms with E-state index in [9.17, 15) is 14.9 Å². The number of aliphatic hydroxyl groups excluding tert-OH is 2. The minimum atomic E-state index is -0.679. The quantitative estimate of drug-likeness (QED) is 0.0553. The summed E-state index contributed by atoms with van der Waals surface area (Å²) in [6, 6.07) is 9.26. The molecule has 0 aliphatic rings. The Bertz CT molecular complexity index is 1270. The van der Waals surface area contributed by atoms with Crippen molar-refractivity contribution in [2.45, 2.75) is 66.2 Å². The van der Waals surface area contributed by atoms with Crippen LogP contribution in [-0.2, 0) is 4.79 Å². The van der Waals surface area contributed by atoms with Crippen molar-refractivity contribution in [2.24, 2.45) is 11.3 Å². The van der Waals surface area contributed by atoms with Crippen LogP contribution < -0.4 is 26.4 Å². The Balaban J connectivity index is 0.000000722. The number of hydrogen-bond acceptors (Lipinski definition) is 12. The maximum absolute atomic E-state index is 10.4. The fourth-order valence-electron chi connectivity index (χ4n) is 4.61. The van der Waals surface area contributed by atoms with E-state index in [-0.39, 0.29) is 35.7 Å². The predicted molar refractivity (Wildman–Crippen MR) is 183 cm³/mol. The first-order valence-electron chi connectivity index (χ1n) is 15.2. The van der Waals surface area contributed by atoms with Gasteiger partial charge in [0.1, 0.15) is 24.2 Å². The summed E-state index contributed by atoms with van der Waals surface area (Å²) in [5.74, 6) is 1.28. The van der Waals surface area contributed by atoms with Crippen LogP contribution in [0.2, 0.25) is 0 Å². The molecule has 13 nitrogen and oxygen atoms in total. The van der Waals surface area contributed by atoms with Crippen LogP contribution in [0.1, 0.15) is 77.3 Å². The van der Waals surface area contributed by atoms with Gasteiger partial charge in [-0.1, -0.05) is 27.7 Å². The Morgan fingerprint density at radius 1 is 1.04 bits per heavy atom. The highest BCUT2D eigenvalue weighted by Gasteiger charge is 2.16. The number of anilines is 4. The first kappa shape index (κ1) is 41.4. The number of nitrogens with one attached hydrogen (secondary N) is 1. The van der Waals surface area contributed by atoms with E-state index in [2.05, 4.69) is 37.9 Å². The van der Waals surface area contributed by atoms with Crippen LogP contribution >= 0.6 is 0 Å². The number of ether oxygens (including phenoxy) is 1. The van der Waals surface area contributed by atoms with Gasteiger partial charge in [-0.15, -0.1) is 0 Å². The number of nitriles is 2. The molecule has 1 atom stereocenters. The van der Waals surface area contributed by atoms with Crippen LogP contribution in [0.25, 0.3) is 0 Å². The maximum Gasteiger partial charge on any atom is 0.272 e. The van der Waals surface area contributed by atoms with Crippen LogP contribution in [0.5, 0.6) is 5.75 Å². The van der Waals surface area contributed by atoms with Crippen molar-refractivity contribution in [3.05, 3.63) is 45.5 Å². The number of unbranched alkanes of at least 4 members (excludes halogenated alkanes) is 2. The minimum Gasteiger partial charge on any atom is -0.495 e. The van der Waals surface area contributed by atoms with Gasteiger partial charge in [-0.2, -0.15) is 10.5 Å². The van der Waals surface area contributed by atoms with Gasteiger partial charge in [0.25, 0.3) is 5.69 Å². The van der Waals surface area contributed by atoms with Gasteiger partial charge in [0.15, 0.2) is 0 Å². The average Bonchev–Trinajstić information content (AvgIpc) is 3.00. The second kappa shape index (κ2) is 22.0. The zero-order valence-electron chi connectivity index (χ0n) is 28.0. The number of aliphatic hydroxyl groups is 2. The molecule has 254 valence electrons. The van der Waals surface area contributed by atoms with E-state index in [0.29, 0.717) is 23.4 Å². The van der Waals surface area contributed by atoms with E-state index in [4.69, 9.17) is 36.9 Å². The number of nitro benzene ring substituents is 1. The summed E-state index contributed by atoms with van der Waals surface area (Å²) < 4.78 is 5.47. The Morgan fingerprint density at radius 2 is 1.57 bits per heavy atom. The van der Waals surface area contributed by atoms with E-state index in [0.717, 1.165) is 80.7 Å². The molecule has 0 saturated heterocycles. The molecular formula is C33H51N7O6. The zero-order valence-corrected chi connectivity index (χ0v) is 28.0. The van der Waals surface area contributed by atoms with Crippen LogP contribution in [0.3, 0.4) is 0 Å². The number of nitrogen functional groups attached to an aromatic ring is 2. The molecule has 0 aliphatic carbocycles. The lowest BCUT2D eigenvalue weighted by atomic mass is 9.84. The molecule has 2 rings (SSSR count). The summed E-state index contributed by atoms with van der Waals surface area (Å²) in [7, 11) is 3.47. The van der Waals surface area contributed by atoms with E-state index in [1.54, 1.807) is 19.2 Å². The third kappa shape index (κ3) is 15.4. The molecule has 7 N–H and O–H groups in total. The van der Waals surface area contributed by atoms with Crippen molar-refractivity contribution in [2.75, 3.05) is 62.1 Å². The molecule has 0 radical (unpaired) electrons. The zero-order chi connectivity index (χ0) is 35.3. The Morgan fingerprint density at radius 3 is 1.93 bits per heavy atom. The smallest absolute Gasteiger partial charge is 0.272 e. The number of nitrogens with two attached hydrogens (primary N) is 2. The number of hydrogen-bond donors (Lipinski definition) is 5. The van der Waals surface area contributed by atoms with Gasteiger partial charge in [0.2, 0.25) is 0 Å². The lowest BCUT2D eigenvalue weighted by Crippen LogP contribution is -2.26. The first-order chi connectivity index (χ1) is 21.7. The predicted octanol–water partition coefficient (Wildman–Crippen LogP) is 5.24. The van der Waals surface area contributed by atoms with E-state index in [1.165, 1.54) is 0 Å². The van der Waals surface area contributed by atoms with Gasteiger partial charge in [-0.3, -0.25) is 10.1 Å². The number of methoxy groups -OCH3 is 1. The summed E-state index contributed by atoms with van der Waals surface area (Å²) in [4.78, 5) is 22.0. The lowest BCUT2D eigenvalue weighted by molar-refractivity contribution is -0.384. The highest BCUT2D eigenvalue weighted by molar-refractivity contribution is 5.77. The number of non-ortho nitro benzene ring substituents is 1. The molecule has 2 aromatic carbocycles. The second-order valence-corrected chi connectivity index (χ2v) is 11.9. The maximum atomic E-state index is 10.4. The van der Waals surface area contributed by atoms with Crippen molar-refractivity contribution in [1.29, 1.82) is 10.5 Å². The number of carbonyl (C=O) groups is 1. The van der Waals surface area contributed by atoms with Crippen LogP contribution in [-0.4, -0.2) is 61.9 Å². The van der Waals surface area contributed by atoms with Gasteiger partial charge in [0, 0.05) is 58.0 Å². The van der Waals surface area contributed by atoms with Crippen LogP contribution in [0, 0.1) is 44.1 Å². The van der Waals surface area contributed by atoms with E-state index >= 15 is 0 Å². The molecule has 0 spiro atoms. The number of nitro groups is 1. The van der Waals surface area contributed by atoms with Gasteiger partial charge in [0.05, 0.1) is 45.9 Å². The summed E-state index contributed by atoms with van der Waals surface area (Å²) in [5.41, 5.74) is 13.8. The van der Waals surface area contributed by atoms with E-state index < -0.39 is 4.92 Å². The van der Waals surface area contributed by atoms with Crippen LogP contribution in [0.4, 0.5) is 28.4 Å².